The molecule has 174 valence electrons. The summed E-state index contributed by atoms with van der Waals surface area (Å²) in [6.07, 6.45) is 0.805. The number of alkyl carbamates (subject to hydrolysis) is 1. The van der Waals surface area contributed by atoms with Gasteiger partial charge in [-0.2, -0.15) is 5.10 Å². The number of aromatic amines is 1. The number of H-pyrrole nitrogens is 1. The van der Waals surface area contributed by atoms with Crippen LogP contribution in [0.4, 0.5) is 10.6 Å². The normalized spacial score (nSPS) is 11.6. The quantitative estimate of drug-likeness (QED) is 0.517. The van der Waals surface area contributed by atoms with Gasteiger partial charge in [0.15, 0.2) is 5.69 Å². The fourth-order valence-electron chi connectivity index (χ4n) is 2.91. The van der Waals surface area contributed by atoms with Crippen molar-refractivity contribution < 1.29 is 19.1 Å². The van der Waals surface area contributed by atoms with Crippen molar-refractivity contribution in [3.05, 3.63) is 54.1 Å². The van der Waals surface area contributed by atoms with Crippen LogP contribution in [0.3, 0.4) is 0 Å². The second-order valence-electron chi connectivity index (χ2n) is 8.89. The van der Waals surface area contributed by atoms with Gasteiger partial charge in [-0.25, -0.2) is 14.8 Å². The summed E-state index contributed by atoms with van der Waals surface area (Å²) in [5, 5.41) is 12.4. The van der Waals surface area contributed by atoms with Gasteiger partial charge < -0.3 is 20.1 Å². The van der Waals surface area contributed by atoms with Crippen molar-refractivity contribution in [3.8, 4) is 17.0 Å². The van der Waals surface area contributed by atoms with Gasteiger partial charge in [0.2, 0.25) is 0 Å². The third-order valence-electron chi connectivity index (χ3n) is 4.59. The Morgan fingerprint density at radius 3 is 2.33 bits per heavy atom. The monoisotopic (exact) mass is 452 g/mol. The number of hydrogen-bond acceptors (Lipinski definition) is 7. The number of hydrogen-bond donors (Lipinski definition) is 3. The maximum absolute atomic E-state index is 12.7. The summed E-state index contributed by atoms with van der Waals surface area (Å²) in [6.45, 7) is 8.90. The number of nitrogens with one attached hydrogen (secondary N) is 3. The summed E-state index contributed by atoms with van der Waals surface area (Å²) in [5.74, 6) is 0.612. The molecule has 3 rings (SSSR count). The maximum atomic E-state index is 12.7. The van der Waals surface area contributed by atoms with Crippen LogP contribution in [-0.4, -0.2) is 44.9 Å². The molecule has 3 N–H and O–H groups in total. The van der Waals surface area contributed by atoms with E-state index in [-0.39, 0.29) is 5.69 Å². The van der Waals surface area contributed by atoms with Gasteiger partial charge in [0.25, 0.3) is 5.91 Å². The molecule has 1 aromatic carbocycles. The minimum Gasteiger partial charge on any atom is -0.497 e. The van der Waals surface area contributed by atoms with Crippen molar-refractivity contribution in [3.63, 3.8) is 0 Å². The molecule has 2 aromatic heterocycles. The first-order valence-corrected chi connectivity index (χ1v) is 10.3. The van der Waals surface area contributed by atoms with Gasteiger partial charge in [0.1, 0.15) is 23.5 Å². The van der Waals surface area contributed by atoms with Crippen LogP contribution in [0, 0.1) is 0 Å². The molecule has 0 atom stereocenters. The molecular weight excluding hydrogens is 424 g/mol. The third kappa shape index (κ3) is 6.28. The fraction of sp³-hybridized carbons (Fsp3) is 0.348. The largest absolute Gasteiger partial charge is 0.497 e. The molecule has 0 radical (unpaired) electrons. The van der Waals surface area contributed by atoms with Crippen molar-refractivity contribution in [1.29, 1.82) is 0 Å². The molecule has 0 spiro atoms. The molecular formula is C23H28N6O4. The van der Waals surface area contributed by atoms with E-state index >= 15 is 0 Å². The summed E-state index contributed by atoms with van der Waals surface area (Å²) in [4.78, 5) is 33.2. The van der Waals surface area contributed by atoms with Crippen molar-refractivity contribution >= 4 is 17.8 Å². The highest BCUT2D eigenvalue weighted by molar-refractivity contribution is 6.02. The third-order valence-corrected chi connectivity index (χ3v) is 4.59. The first kappa shape index (κ1) is 23.7. The van der Waals surface area contributed by atoms with Crippen LogP contribution < -0.4 is 15.4 Å². The Bertz CT molecular complexity index is 1130. The van der Waals surface area contributed by atoms with E-state index in [1.54, 1.807) is 53.9 Å². The molecule has 0 saturated heterocycles. The Labute approximate surface area is 192 Å². The molecule has 0 bridgehead atoms. The van der Waals surface area contributed by atoms with Crippen LogP contribution in [-0.2, 0) is 10.3 Å². The number of anilines is 1. The summed E-state index contributed by atoms with van der Waals surface area (Å²) in [5.41, 5.74) is 0.721. The van der Waals surface area contributed by atoms with E-state index in [0.717, 1.165) is 11.3 Å². The number of carbonyl (C=O) groups excluding carboxylic acids is 2. The summed E-state index contributed by atoms with van der Waals surface area (Å²) >= 11 is 0. The highest BCUT2D eigenvalue weighted by Gasteiger charge is 2.29. The molecule has 2 heterocycles. The number of amides is 2. The molecule has 0 saturated carbocycles. The first-order chi connectivity index (χ1) is 15.5. The van der Waals surface area contributed by atoms with Crippen molar-refractivity contribution in [1.82, 2.24) is 25.5 Å². The average molecular weight is 453 g/mol. The predicted octanol–water partition coefficient (Wildman–Crippen LogP) is 3.89. The first-order valence-electron chi connectivity index (χ1n) is 10.3. The lowest BCUT2D eigenvalue weighted by Gasteiger charge is -2.27. The predicted molar refractivity (Wildman–Crippen MR) is 123 cm³/mol. The van der Waals surface area contributed by atoms with Crippen molar-refractivity contribution in [2.24, 2.45) is 0 Å². The number of rotatable bonds is 6. The minimum atomic E-state index is -0.843. The van der Waals surface area contributed by atoms with E-state index in [4.69, 9.17) is 9.47 Å². The van der Waals surface area contributed by atoms with Crippen LogP contribution >= 0.6 is 0 Å². The molecule has 0 aliphatic rings. The van der Waals surface area contributed by atoms with Crippen LogP contribution in [0.5, 0.6) is 5.75 Å². The summed E-state index contributed by atoms with van der Waals surface area (Å²) in [7, 11) is 1.60. The number of carbonyl (C=O) groups is 2. The number of nitrogens with zero attached hydrogens (tertiary/aromatic N) is 3. The van der Waals surface area contributed by atoms with Gasteiger partial charge in [0, 0.05) is 11.6 Å². The molecule has 3 aromatic rings. The van der Waals surface area contributed by atoms with Gasteiger partial charge in [-0.3, -0.25) is 9.89 Å². The Balaban J connectivity index is 1.70. The lowest BCUT2D eigenvalue weighted by atomic mass is 10.0. The van der Waals surface area contributed by atoms with Crippen molar-refractivity contribution in [2.45, 2.75) is 45.8 Å². The zero-order valence-electron chi connectivity index (χ0n) is 19.5. The molecule has 0 fully saturated rings. The van der Waals surface area contributed by atoms with E-state index in [1.165, 1.54) is 6.33 Å². The fourth-order valence-corrected chi connectivity index (χ4v) is 2.91. The van der Waals surface area contributed by atoms with Crippen LogP contribution in [0.2, 0.25) is 0 Å². The Hall–Kier alpha value is -3.95. The maximum Gasteiger partial charge on any atom is 0.408 e. The van der Waals surface area contributed by atoms with Gasteiger partial charge >= 0.3 is 6.09 Å². The summed E-state index contributed by atoms with van der Waals surface area (Å²) in [6, 6.07) is 10.6. The average Bonchev–Trinajstić information content (AvgIpc) is 3.24. The van der Waals surface area contributed by atoms with Crippen molar-refractivity contribution in [2.75, 3.05) is 12.4 Å². The molecule has 0 aliphatic heterocycles. The number of methoxy groups -OCH3 is 1. The second-order valence-corrected chi connectivity index (χ2v) is 8.89. The molecule has 10 nitrogen and oxygen atoms in total. The second kappa shape index (κ2) is 9.27. The lowest BCUT2D eigenvalue weighted by molar-refractivity contribution is 0.0468. The Morgan fingerprint density at radius 2 is 1.70 bits per heavy atom. The van der Waals surface area contributed by atoms with Gasteiger partial charge in [-0.1, -0.05) is 0 Å². The van der Waals surface area contributed by atoms with Gasteiger partial charge in [-0.05, 0) is 65.0 Å². The Kier molecular flexibility index (Phi) is 6.66. The van der Waals surface area contributed by atoms with E-state index in [9.17, 15) is 9.59 Å². The lowest BCUT2D eigenvalue weighted by Crippen LogP contribution is -2.44. The molecule has 0 aliphatic carbocycles. The summed E-state index contributed by atoms with van der Waals surface area (Å²) < 4.78 is 10.5. The molecule has 0 unspecified atom stereocenters. The highest BCUT2D eigenvalue weighted by atomic mass is 16.6. The van der Waals surface area contributed by atoms with Crippen LogP contribution in [0.1, 0.15) is 50.8 Å². The number of aromatic nitrogens is 4. The van der Waals surface area contributed by atoms with E-state index in [2.05, 4.69) is 30.8 Å². The molecule has 2 amide bonds. The minimum absolute atomic E-state index is 0.147. The van der Waals surface area contributed by atoms with E-state index in [1.807, 2.05) is 24.3 Å². The highest BCUT2D eigenvalue weighted by Crippen LogP contribution is 2.23. The SMILES string of the molecule is COc1ccc(-c2cc(NC(=O)c3cc(C(C)(C)NC(=O)OC(C)(C)C)[nH]n3)ncn2)cc1. The standard InChI is InChI=1S/C23H28N6O4/c1-22(2,3)33-21(31)27-23(4,5)18-11-17(28-29-18)20(30)26-19-12-16(24-13-25-19)14-7-9-15(32-6)10-8-14/h7-13H,1-6H3,(H,27,31)(H,28,29)(H,24,25,26,30). The Morgan fingerprint density at radius 1 is 1.00 bits per heavy atom. The topological polar surface area (TPSA) is 131 Å². The van der Waals surface area contributed by atoms with Gasteiger partial charge in [-0.15, -0.1) is 0 Å². The zero-order chi connectivity index (χ0) is 24.2. The van der Waals surface area contributed by atoms with Crippen LogP contribution in [0.15, 0.2) is 42.7 Å². The molecule has 33 heavy (non-hydrogen) atoms. The van der Waals surface area contributed by atoms with E-state index in [0.29, 0.717) is 17.2 Å². The smallest absolute Gasteiger partial charge is 0.408 e. The number of ether oxygens (including phenoxy) is 2. The van der Waals surface area contributed by atoms with Gasteiger partial charge in [0.05, 0.1) is 24.0 Å². The molecule has 10 heteroatoms. The van der Waals surface area contributed by atoms with Crippen LogP contribution in [0.25, 0.3) is 11.3 Å². The number of benzene rings is 1. The van der Waals surface area contributed by atoms with E-state index < -0.39 is 23.1 Å². The zero-order valence-corrected chi connectivity index (χ0v) is 19.5.